The van der Waals surface area contributed by atoms with E-state index >= 15 is 0 Å². The summed E-state index contributed by atoms with van der Waals surface area (Å²) < 4.78 is 0. The first-order valence-electron chi connectivity index (χ1n) is 7.56. The molecule has 1 aliphatic rings. The van der Waals surface area contributed by atoms with Gasteiger partial charge in [-0.15, -0.1) is 0 Å². The standard InChI is InChI=1S/C15H24N4O/c1-3-4-10-18(2)15-16-9-8-13(17-15)14(20)19-11-6-5-7-12-19/h8-9H,3-7,10-12H2,1-2H3. The van der Waals surface area contributed by atoms with E-state index in [1.54, 1.807) is 12.3 Å². The summed E-state index contributed by atoms with van der Waals surface area (Å²) in [6.45, 7) is 4.77. The molecule has 0 radical (unpaired) electrons. The Morgan fingerprint density at radius 2 is 2.10 bits per heavy atom. The lowest BCUT2D eigenvalue weighted by Gasteiger charge is -2.26. The maximum atomic E-state index is 12.4. The van der Waals surface area contributed by atoms with Gasteiger partial charge in [-0.05, 0) is 31.7 Å². The predicted octanol–water partition coefficient (Wildman–Crippen LogP) is 2.34. The first kappa shape index (κ1) is 14.8. The number of hydrogen-bond donors (Lipinski definition) is 0. The molecular formula is C15H24N4O. The van der Waals surface area contributed by atoms with E-state index in [0.29, 0.717) is 11.6 Å². The van der Waals surface area contributed by atoms with Crippen LogP contribution in [0.5, 0.6) is 0 Å². The molecule has 2 rings (SSSR count). The molecule has 2 heterocycles. The van der Waals surface area contributed by atoms with Crippen LogP contribution in [0.4, 0.5) is 5.95 Å². The number of piperidine rings is 1. The third-order valence-corrected chi connectivity index (χ3v) is 3.69. The van der Waals surface area contributed by atoms with Gasteiger partial charge in [0, 0.05) is 32.9 Å². The molecule has 1 aromatic heterocycles. The molecule has 1 fully saturated rings. The van der Waals surface area contributed by atoms with Crippen molar-refractivity contribution in [2.75, 3.05) is 31.6 Å². The average molecular weight is 276 g/mol. The van der Waals surface area contributed by atoms with Crippen LogP contribution in [-0.4, -0.2) is 47.5 Å². The number of nitrogens with zero attached hydrogens (tertiary/aromatic N) is 4. The van der Waals surface area contributed by atoms with E-state index in [-0.39, 0.29) is 5.91 Å². The van der Waals surface area contributed by atoms with Gasteiger partial charge in [0.2, 0.25) is 5.95 Å². The summed E-state index contributed by atoms with van der Waals surface area (Å²) in [4.78, 5) is 25.0. The van der Waals surface area contributed by atoms with Gasteiger partial charge in [-0.3, -0.25) is 4.79 Å². The number of carbonyl (C=O) groups excluding carboxylic acids is 1. The van der Waals surface area contributed by atoms with E-state index in [1.807, 2.05) is 16.8 Å². The summed E-state index contributed by atoms with van der Waals surface area (Å²) in [5, 5.41) is 0. The summed E-state index contributed by atoms with van der Waals surface area (Å²) in [7, 11) is 1.97. The predicted molar refractivity (Wildman–Crippen MR) is 80.0 cm³/mol. The maximum absolute atomic E-state index is 12.4. The van der Waals surface area contributed by atoms with Gasteiger partial charge in [0.15, 0.2) is 0 Å². The molecule has 0 atom stereocenters. The van der Waals surface area contributed by atoms with Crippen LogP contribution in [0, 0.1) is 0 Å². The van der Waals surface area contributed by atoms with E-state index in [0.717, 1.165) is 45.3 Å². The van der Waals surface area contributed by atoms with Crippen LogP contribution in [0.3, 0.4) is 0 Å². The molecule has 0 saturated carbocycles. The van der Waals surface area contributed by atoms with Crippen LogP contribution in [0.25, 0.3) is 0 Å². The first-order chi connectivity index (χ1) is 9.72. The molecule has 1 saturated heterocycles. The molecule has 1 amide bonds. The van der Waals surface area contributed by atoms with Crippen molar-refractivity contribution >= 4 is 11.9 Å². The molecule has 1 aromatic rings. The Balaban J connectivity index is 2.06. The Bertz CT molecular complexity index is 443. The maximum Gasteiger partial charge on any atom is 0.272 e. The van der Waals surface area contributed by atoms with Crippen molar-refractivity contribution in [3.63, 3.8) is 0 Å². The molecule has 0 N–H and O–H groups in total. The monoisotopic (exact) mass is 276 g/mol. The Kier molecular flexibility index (Phi) is 5.32. The fraction of sp³-hybridized carbons (Fsp3) is 0.667. The SMILES string of the molecule is CCCCN(C)c1nccc(C(=O)N2CCCCC2)n1. The summed E-state index contributed by atoms with van der Waals surface area (Å²) in [5.74, 6) is 0.679. The van der Waals surface area contributed by atoms with Gasteiger partial charge in [-0.1, -0.05) is 13.3 Å². The van der Waals surface area contributed by atoms with Gasteiger partial charge in [-0.2, -0.15) is 0 Å². The summed E-state index contributed by atoms with van der Waals surface area (Å²) in [6, 6.07) is 1.72. The Morgan fingerprint density at radius 3 is 2.80 bits per heavy atom. The number of aromatic nitrogens is 2. The van der Waals surface area contributed by atoms with Gasteiger partial charge in [0.1, 0.15) is 5.69 Å². The molecule has 0 aliphatic carbocycles. The Labute approximate surface area is 121 Å². The second kappa shape index (κ2) is 7.22. The van der Waals surface area contributed by atoms with E-state index in [2.05, 4.69) is 16.9 Å². The van der Waals surface area contributed by atoms with Crippen LogP contribution < -0.4 is 4.90 Å². The minimum absolute atomic E-state index is 0.0391. The largest absolute Gasteiger partial charge is 0.344 e. The third kappa shape index (κ3) is 3.68. The topological polar surface area (TPSA) is 49.3 Å². The van der Waals surface area contributed by atoms with Crippen LogP contribution in [0.1, 0.15) is 49.5 Å². The van der Waals surface area contributed by atoms with Crippen molar-refractivity contribution in [1.82, 2.24) is 14.9 Å². The van der Waals surface area contributed by atoms with Gasteiger partial charge in [0.25, 0.3) is 5.91 Å². The lowest BCUT2D eigenvalue weighted by Crippen LogP contribution is -2.36. The third-order valence-electron chi connectivity index (χ3n) is 3.69. The van der Waals surface area contributed by atoms with E-state index < -0.39 is 0 Å². The van der Waals surface area contributed by atoms with Gasteiger partial charge in [-0.25, -0.2) is 9.97 Å². The lowest BCUT2D eigenvalue weighted by atomic mass is 10.1. The quantitative estimate of drug-likeness (QED) is 0.828. The van der Waals surface area contributed by atoms with Gasteiger partial charge < -0.3 is 9.80 Å². The fourth-order valence-electron chi connectivity index (χ4n) is 2.41. The molecule has 0 spiro atoms. The van der Waals surface area contributed by atoms with E-state index in [1.165, 1.54) is 6.42 Å². The van der Waals surface area contributed by atoms with Crippen LogP contribution in [0.15, 0.2) is 12.3 Å². The van der Waals surface area contributed by atoms with Crippen LogP contribution >= 0.6 is 0 Å². The number of amides is 1. The zero-order chi connectivity index (χ0) is 14.4. The minimum Gasteiger partial charge on any atom is -0.344 e. The van der Waals surface area contributed by atoms with Crippen molar-refractivity contribution in [1.29, 1.82) is 0 Å². The van der Waals surface area contributed by atoms with Gasteiger partial charge >= 0.3 is 0 Å². The minimum atomic E-state index is 0.0391. The molecule has 1 aliphatic heterocycles. The number of carbonyl (C=O) groups is 1. The summed E-state index contributed by atoms with van der Waals surface area (Å²) >= 11 is 0. The highest BCUT2D eigenvalue weighted by atomic mass is 16.2. The summed E-state index contributed by atoms with van der Waals surface area (Å²) in [6.07, 6.45) is 7.33. The zero-order valence-corrected chi connectivity index (χ0v) is 12.5. The first-order valence-corrected chi connectivity index (χ1v) is 7.56. The lowest BCUT2D eigenvalue weighted by molar-refractivity contribution is 0.0718. The highest BCUT2D eigenvalue weighted by Crippen LogP contribution is 2.13. The van der Waals surface area contributed by atoms with Crippen molar-refractivity contribution in [3.05, 3.63) is 18.0 Å². The molecule has 5 nitrogen and oxygen atoms in total. The Hall–Kier alpha value is -1.65. The van der Waals surface area contributed by atoms with Crippen LogP contribution in [-0.2, 0) is 0 Å². The van der Waals surface area contributed by atoms with Crippen molar-refractivity contribution in [2.24, 2.45) is 0 Å². The fourth-order valence-corrected chi connectivity index (χ4v) is 2.41. The number of likely N-dealkylation sites (tertiary alicyclic amines) is 1. The van der Waals surface area contributed by atoms with E-state index in [9.17, 15) is 4.79 Å². The molecule has 20 heavy (non-hydrogen) atoms. The summed E-state index contributed by atoms with van der Waals surface area (Å²) in [5.41, 5.74) is 0.514. The number of unbranched alkanes of at least 4 members (excludes halogenated alkanes) is 1. The number of hydrogen-bond acceptors (Lipinski definition) is 4. The van der Waals surface area contributed by atoms with E-state index in [4.69, 9.17) is 0 Å². The second-order valence-electron chi connectivity index (χ2n) is 5.37. The highest BCUT2D eigenvalue weighted by Gasteiger charge is 2.20. The molecule has 0 aromatic carbocycles. The van der Waals surface area contributed by atoms with Crippen LogP contribution in [0.2, 0.25) is 0 Å². The number of anilines is 1. The second-order valence-corrected chi connectivity index (χ2v) is 5.37. The van der Waals surface area contributed by atoms with Crippen molar-refractivity contribution in [2.45, 2.75) is 39.0 Å². The molecule has 110 valence electrons. The molecule has 0 bridgehead atoms. The normalized spacial score (nSPS) is 15.2. The van der Waals surface area contributed by atoms with Crippen molar-refractivity contribution in [3.8, 4) is 0 Å². The van der Waals surface area contributed by atoms with Crippen molar-refractivity contribution < 1.29 is 4.79 Å². The molecule has 5 heteroatoms. The number of rotatable bonds is 5. The average Bonchev–Trinajstić information content (AvgIpc) is 2.52. The smallest absolute Gasteiger partial charge is 0.272 e. The molecule has 0 unspecified atom stereocenters. The molecular weight excluding hydrogens is 252 g/mol. The zero-order valence-electron chi connectivity index (χ0n) is 12.5. The van der Waals surface area contributed by atoms with Gasteiger partial charge in [0.05, 0.1) is 0 Å². The Morgan fingerprint density at radius 1 is 1.35 bits per heavy atom. The highest BCUT2D eigenvalue weighted by molar-refractivity contribution is 5.92.